The number of carbonyl (C=O) groups excluding carboxylic acids is 1. The second kappa shape index (κ2) is 6.32. The number of aliphatic hydroxyl groups is 1. The molecule has 1 aromatic heterocycles. The van der Waals surface area contributed by atoms with Gasteiger partial charge in [-0.1, -0.05) is 6.07 Å². The molecule has 1 N–H and O–H groups in total. The summed E-state index contributed by atoms with van der Waals surface area (Å²) in [6, 6.07) is 7.29. The fraction of sp³-hybridized carbons (Fsp3) is 0.562. The van der Waals surface area contributed by atoms with E-state index in [0.29, 0.717) is 50.0 Å². The van der Waals surface area contributed by atoms with Crippen LogP contribution in [0.5, 0.6) is 0 Å². The molecule has 1 aromatic rings. The smallest absolute Gasteiger partial charge is 0.222 e. The molecular formula is C16H20N4O2. The fourth-order valence-electron chi connectivity index (χ4n) is 2.78. The second-order valence-electron chi connectivity index (χ2n) is 6.08. The molecule has 1 amide bonds. The standard InChI is InChI=1S/C16H20N4O2/c17-9-13-2-1-3-15(18-13)19-6-7-20(11-14(21)10-19)16(22)8-12-4-5-12/h1-3,12,14,21H,4-8,10-11H2/t14-/m0/s1. The molecule has 0 radical (unpaired) electrons. The Kier molecular flexibility index (Phi) is 4.25. The maximum absolute atomic E-state index is 12.2. The highest BCUT2D eigenvalue weighted by Crippen LogP contribution is 2.33. The molecular weight excluding hydrogens is 280 g/mol. The zero-order chi connectivity index (χ0) is 15.5. The summed E-state index contributed by atoms with van der Waals surface area (Å²) in [5.41, 5.74) is 0.359. The molecule has 1 aliphatic carbocycles. The van der Waals surface area contributed by atoms with Crippen molar-refractivity contribution in [2.75, 3.05) is 31.1 Å². The number of β-amino-alcohol motifs (C(OH)–C–C–N with tert-alkyl or cyclic N) is 1. The van der Waals surface area contributed by atoms with Crippen molar-refractivity contribution in [3.63, 3.8) is 0 Å². The van der Waals surface area contributed by atoms with E-state index in [1.165, 1.54) is 0 Å². The maximum atomic E-state index is 12.2. The summed E-state index contributed by atoms with van der Waals surface area (Å²) < 4.78 is 0. The number of hydrogen-bond donors (Lipinski definition) is 1. The topological polar surface area (TPSA) is 80.5 Å². The van der Waals surface area contributed by atoms with Crippen molar-refractivity contribution in [1.82, 2.24) is 9.88 Å². The van der Waals surface area contributed by atoms with Gasteiger partial charge in [0.2, 0.25) is 5.91 Å². The van der Waals surface area contributed by atoms with E-state index in [0.717, 1.165) is 12.8 Å². The van der Waals surface area contributed by atoms with Crippen LogP contribution in [0.25, 0.3) is 0 Å². The first kappa shape index (κ1) is 14.8. The summed E-state index contributed by atoms with van der Waals surface area (Å²) in [6.45, 7) is 2.01. The van der Waals surface area contributed by atoms with Crippen LogP contribution < -0.4 is 4.90 Å². The van der Waals surface area contributed by atoms with Gasteiger partial charge in [-0.25, -0.2) is 4.98 Å². The van der Waals surface area contributed by atoms with Gasteiger partial charge in [-0.05, 0) is 30.9 Å². The number of hydrogen-bond acceptors (Lipinski definition) is 5. The number of amides is 1. The zero-order valence-electron chi connectivity index (χ0n) is 12.5. The third-order valence-electron chi connectivity index (χ3n) is 4.19. The Morgan fingerprint density at radius 3 is 2.91 bits per heavy atom. The third kappa shape index (κ3) is 3.55. The van der Waals surface area contributed by atoms with E-state index in [2.05, 4.69) is 4.98 Å². The van der Waals surface area contributed by atoms with E-state index in [1.54, 1.807) is 17.0 Å². The highest BCUT2D eigenvalue weighted by atomic mass is 16.3. The Balaban J connectivity index is 1.67. The van der Waals surface area contributed by atoms with Crippen molar-refractivity contribution in [1.29, 1.82) is 5.26 Å². The highest BCUT2D eigenvalue weighted by molar-refractivity contribution is 5.77. The summed E-state index contributed by atoms with van der Waals surface area (Å²) in [5, 5.41) is 19.1. The molecule has 1 atom stereocenters. The Morgan fingerprint density at radius 2 is 2.18 bits per heavy atom. The van der Waals surface area contributed by atoms with Crippen LogP contribution in [-0.2, 0) is 4.79 Å². The van der Waals surface area contributed by atoms with Crippen molar-refractivity contribution in [3.8, 4) is 6.07 Å². The quantitative estimate of drug-likeness (QED) is 0.891. The van der Waals surface area contributed by atoms with Crippen LogP contribution in [0.4, 0.5) is 5.82 Å². The predicted octanol–water partition coefficient (Wildman–Crippen LogP) is 0.763. The highest BCUT2D eigenvalue weighted by Gasteiger charge is 2.30. The summed E-state index contributed by atoms with van der Waals surface area (Å²) in [6.07, 6.45) is 2.31. The number of aliphatic hydroxyl groups excluding tert-OH is 1. The van der Waals surface area contributed by atoms with Crippen LogP contribution in [-0.4, -0.2) is 53.2 Å². The van der Waals surface area contributed by atoms with Gasteiger partial charge in [0.1, 0.15) is 17.6 Å². The normalized spacial score (nSPS) is 22.1. The number of anilines is 1. The predicted molar refractivity (Wildman–Crippen MR) is 81.1 cm³/mol. The van der Waals surface area contributed by atoms with E-state index in [9.17, 15) is 9.90 Å². The monoisotopic (exact) mass is 300 g/mol. The first-order valence-corrected chi connectivity index (χ1v) is 7.73. The first-order valence-electron chi connectivity index (χ1n) is 7.73. The van der Waals surface area contributed by atoms with Gasteiger partial charge >= 0.3 is 0 Å². The van der Waals surface area contributed by atoms with Gasteiger partial charge in [0.25, 0.3) is 0 Å². The molecule has 2 heterocycles. The van der Waals surface area contributed by atoms with Crippen LogP contribution in [0.2, 0.25) is 0 Å². The molecule has 6 nitrogen and oxygen atoms in total. The Hall–Kier alpha value is -2.13. The van der Waals surface area contributed by atoms with Crippen LogP contribution in [0.1, 0.15) is 25.0 Å². The minimum atomic E-state index is -0.599. The molecule has 0 aromatic carbocycles. The van der Waals surface area contributed by atoms with Gasteiger partial charge in [0, 0.05) is 32.6 Å². The molecule has 2 fully saturated rings. The fourth-order valence-corrected chi connectivity index (χ4v) is 2.78. The Labute approximate surface area is 130 Å². The van der Waals surface area contributed by atoms with Crippen molar-refractivity contribution in [3.05, 3.63) is 23.9 Å². The largest absolute Gasteiger partial charge is 0.389 e. The van der Waals surface area contributed by atoms with Crippen LogP contribution in [0.15, 0.2) is 18.2 Å². The van der Waals surface area contributed by atoms with Crippen molar-refractivity contribution in [2.24, 2.45) is 5.92 Å². The summed E-state index contributed by atoms with van der Waals surface area (Å²) >= 11 is 0. The van der Waals surface area contributed by atoms with Crippen LogP contribution in [0.3, 0.4) is 0 Å². The molecule has 3 rings (SSSR count). The number of nitrogens with zero attached hydrogens (tertiary/aromatic N) is 4. The Bertz CT molecular complexity index is 594. The molecule has 0 unspecified atom stereocenters. The number of carbonyl (C=O) groups is 1. The minimum absolute atomic E-state index is 0.141. The lowest BCUT2D eigenvalue weighted by molar-refractivity contribution is -0.132. The molecule has 22 heavy (non-hydrogen) atoms. The Morgan fingerprint density at radius 1 is 1.36 bits per heavy atom. The van der Waals surface area contributed by atoms with Crippen LogP contribution >= 0.6 is 0 Å². The van der Waals surface area contributed by atoms with Crippen LogP contribution in [0, 0.1) is 17.2 Å². The van der Waals surface area contributed by atoms with E-state index in [4.69, 9.17) is 5.26 Å². The average Bonchev–Trinajstić information content (AvgIpc) is 3.34. The van der Waals surface area contributed by atoms with Crippen molar-refractivity contribution < 1.29 is 9.90 Å². The van der Waals surface area contributed by atoms with Gasteiger partial charge in [-0.15, -0.1) is 0 Å². The van der Waals surface area contributed by atoms with Gasteiger partial charge in [0.05, 0.1) is 6.10 Å². The van der Waals surface area contributed by atoms with Gasteiger partial charge in [-0.3, -0.25) is 4.79 Å². The number of rotatable bonds is 3. The first-order chi connectivity index (χ1) is 10.7. The van der Waals surface area contributed by atoms with E-state index >= 15 is 0 Å². The maximum Gasteiger partial charge on any atom is 0.222 e. The molecule has 1 saturated heterocycles. The van der Waals surface area contributed by atoms with Crippen molar-refractivity contribution >= 4 is 11.7 Å². The number of nitriles is 1. The van der Waals surface area contributed by atoms with Gasteiger partial charge < -0.3 is 14.9 Å². The number of aromatic nitrogens is 1. The molecule has 0 bridgehead atoms. The van der Waals surface area contributed by atoms with E-state index in [-0.39, 0.29) is 5.91 Å². The van der Waals surface area contributed by atoms with Gasteiger partial charge in [0.15, 0.2) is 0 Å². The summed E-state index contributed by atoms with van der Waals surface area (Å²) in [7, 11) is 0. The molecule has 116 valence electrons. The number of pyridine rings is 1. The summed E-state index contributed by atoms with van der Waals surface area (Å²) in [5.74, 6) is 1.37. The molecule has 6 heteroatoms. The van der Waals surface area contributed by atoms with E-state index < -0.39 is 6.10 Å². The zero-order valence-corrected chi connectivity index (χ0v) is 12.5. The van der Waals surface area contributed by atoms with E-state index in [1.807, 2.05) is 17.0 Å². The third-order valence-corrected chi connectivity index (χ3v) is 4.19. The average molecular weight is 300 g/mol. The molecule has 0 spiro atoms. The second-order valence-corrected chi connectivity index (χ2v) is 6.08. The lowest BCUT2D eigenvalue weighted by atomic mass is 10.2. The molecule has 1 aliphatic heterocycles. The minimum Gasteiger partial charge on any atom is -0.389 e. The summed E-state index contributed by atoms with van der Waals surface area (Å²) in [4.78, 5) is 20.2. The lowest BCUT2D eigenvalue weighted by Crippen LogP contribution is -2.37. The molecule has 2 aliphatic rings. The van der Waals surface area contributed by atoms with Crippen molar-refractivity contribution in [2.45, 2.75) is 25.4 Å². The lowest BCUT2D eigenvalue weighted by Gasteiger charge is -2.22. The SMILES string of the molecule is N#Cc1cccc(N2CCN(C(=O)CC3CC3)C[C@@H](O)C2)n1. The van der Waals surface area contributed by atoms with Gasteiger partial charge in [-0.2, -0.15) is 5.26 Å². The molecule has 1 saturated carbocycles.